The molecule has 0 bridgehead atoms. The smallest absolute Gasteiger partial charge is 0.230 e. The molecule has 0 aliphatic carbocycles. The van der Waals surface area contributed by atoms with Gasteiger partial charge >= 0.3 is 0 Å². The molecule has 6 nitrogen and oxygen atoms in total. The van der Waals surface area contributed by atoms with Crippen molar-refractivity contribution in [3.8, 4) is 0 Å². The Hall–Kier alpha value is -2.25. The Morgan fingerprint density at radius 1 is 1.46 bits per heavy atom. The zero-order valence-corrected chi connectivity index (χ0v) is 14.3. The summed E-state index contributed by atoms with van der Waals surface area (Å²) in [5.41, 5.74) is 2.42. The van der Waals surface area contributed by atoms with E-state index in [0.717, 1.165) is 17.7 Å². The molecule has 1 aliphatic rings. The predicted molar refractivity (Wildman–Crippen MR) is 93.2 cm³/mol. The molecule has 7 heteroatoms. The number of amides is 2. The quantitative estimate of drug-likeness (QED) is 0.873. The van der Waals surface area contributed by atoms with Gasteiger partial charge < -0.3 is 10.1 Å². The van der Waals surface area contributed by atoms with Gasteiger partial charge in [0.1, 0.15) is 0 Å². The maximum Gasteiger partial charge on any atom is 0.230 e. The van der Waals surface area contributed by atoms with Crippen LogP contribution in [-0.2, 0) is 27.4 Å². The highest BCUT2D eigenvalue weighted by Gasteiger charge is 2.24. The first-order valence-corrected chi connectivity index (χ1v) is 8.66. The van der Waals surface area contributed by atoms with Crippen LogP contribution in [-0.4, -0.2) is 30.5 Å². The number of carbonyl (C=O) groups is 2. The first-order chi connectivity index (χ1) is 11.7. The van der Waals surface area contributed by atoms with E-state index in [1.54, 1.807) is 12.0 Å². The van der Waals surface area contributed by atoms with Gasteiger partial charge in [0.25, 0.3) is 0 Å². The van der Waals surface area contributed by atoms with E-state index in [-0.39, 0.29) is 18.2 Å². The molecule has 2 aromatic rings. The van der Waals surface area contributed by atoms with Crippen molar-refractivity contribution >= 4 is 34.0 Å². The molecular formula is C17H19N3O3S. The molecule has 2 heterocycles. The highest BCUT2D eigenvalue weighted by atomic mass is 32.1. The molecule has 1 fully saturated rings. The molecule has 3 rings (SSSR count). The van der Waals surface area contributed by atoms with Crippen LogP contribution >= 0.6 is 11.3 Å². The molecule has 126 valence electrons. The van der Waals surface area contributed by atoms with E-state index in [0.29, 0.717) is 30.4 Å². The van der Waals surface area contributed by atoms with E-state index in [4.69, 9.17) is 4.74 Å². The lowest BCUT2D eigenvalue weighted by molar-refractivity contribution is -0.117. The number of hydrogen-bond acceptors (Lipinski definition) is 5. The third kappa shape index (κ3) is 3.98. The number of aromatic nitrogens is 1. The summed E-state index contributed by atoms with van der Waals surface area (Å²) in [4.78, 5) is 30.0. The molecule has 1 saturated heterocycles. The van der Waals surface area contributed by atoms with E-state index in [1.807, 2.05) is 29.6 Å². The van der Waals surface area contributed by atoms with Gasteiger partial charge in [-0.05, 0) is 24.1 Å². The lowest BCUT2D eigenvalue weighted by Crippen LogP contribution is -2.23. The second-order valence-electron chi connectivity index (χ2n) is 5.63. The SMILES string of the molecule is COCc1cccc(NC(=O)Cc2csc(N3CCCC3=O)n2)c1. The minimum Gasteiger partial charge on any atom is -0.380 e. The van der Waals surface area contributed by atoms with Crippen LogP contribution in [0.15, 0.2) is 29.6 Å². The summed E-state index contributed by atoms with van der Waals surface area (Å²) in [6.07, 6.45) is 1.63. The standard InChI is InChI=1S/C17H19N3O3S/c1-23-10-12-4-2-5-13(8-12)18-15(21)9-14-11-24-17(19-14)20-7-3-6-16(20)22/h2,4-5,8,11H,3,6-7,9-10H2,1H3,(H,18,21). The van der Waals surface area contributed by atoms with Gasteiger partial charge in [-0.15, -0.1) is 11.3 Å². The highest BCUT2D eigenvalue weighted by molar-refractivity contribution is 7.14. The summed E-state index contributed by atoms with van der Waals surface area (Å²) in [5, 5.41) is 5.38. The first kappa shape index (κ1) is 16.6. The van der Waals surface area contributed by atoms with Crippen molar-refractivity contribution in [2.24, 2.45) is 0 Å². The molecule has 1 N–H and O–H groups in total. The lowest BCUT2D eigenvalue weighted by Gasteiger charge is -2.10. The average Bonchev–Trinajstić information content (AvgIpc) is 3.16. The van der Waals surface area contributed by atoms with Crippen molar-refractivity contribution in [3.05, 3.63) is 40.9 Å². The van der Waals surface area contributed by atoms with E-state index in [1.165, 1.54) is 11.3 Å². The molecule has 0 spiro atoms. The molecule has 2 amide bonds. The molecule has 0 saturated carbocycles. The van der Waals surface area contributed by atoms with Gasteiger partial charge in [0.2, 0.25) is 11.8 Å². The van der Waals surface area contributed by atoms with Crippen LogP contribution in [0.3, 0.4) is 0 Å². The molecular weight excluding hydrogens is 326 g/mol. The number of carbonyl (C=O) groups excluding carboxylic acids is 2. The van der Waals surface area contributed by atoms with Crippen LogP contribution in [0.2, 0.25) is 0 Å². The van der Waals surface area contributed by atoms with Gasteiger partial charge in [-0.25, -0.2) is 4.98 Å². The van der Waals surface area contributed by atoms with Gasteiger partial charge in [-0.3, -0.25) is 14.5 Å². The maximum absolute atomic E-state index is 12.2. The Labute approximate surface area is 144 Å². The minimum atomic E-state index is -0.130. The average molecular weight is 345 g/mol. The lowest BCUT2D eigenvalue weighted by atomic mass is 10.2. The first-order valence-electron chi connectivity index (χ1n) is 7.78. The van der Waals surface area contributed by atoms with Crippen LogP contribution in [0.25, 0.3) is 0 Å². The van der Waals surface area contributed by atoms with Crippen molar-refractivity contribution in [2.45, 2.75) is 25.9 Å². The van der Waals surface area contributed by atoms with Crippen molar-refractivity contribution < 1.29 is 14.3 Å². The fourth-order valence-electron chi connectivity index (χ4n) is 2.63. The monoisotopic (exact) mass is 345 g/mol. The molecule has 0 unspecified atom stereocenters. The van der Waals surface area contributed by atoms with E-state index in [2.05, 4.69) is 10.3 Å². The van der Waals surface area contributed by atoms with Crippen LogP contribution in [0.4, 0.5) is 10.8 Å². The molecule has 1 aliphatic heterocycles. The van der Waals surface area contributed by atoms with Gasteiger partial charge in [0.05, 0.1) is 18.7 Å². The largest absolute Gasteiger partial charge is 0.380 e. The molecule has 0 radical (unpaired) electrons. The summed E-state index contributed by atoms with van der Waals surface area (Å²) in [7, 11) is 1.64. The summed E-state index contributed by atoms with van der Waals surface area (Å²) in [6.45, 7) is 1.22. The number of nitrogens with one attached hydrogen (secondary N) is 1. The van der Waals surface area contributed by atoms with Crippen molar-refractivity contribution in [1.29, 1.82) is 0 Å². The second kappa shape index (κ2) is 7.55. The molecule has 1 aromatic carbocycles. The van der Waals surface area contributed by atoms with Crippen molar-refractivity contribution in [1.82, 2.24) is 4.98 Å². The number of rotatable bonds is 6. The Morgan fingerprint density at radius 3 is 3.08 bits per heavy atom. The molecule has 1 aromatic heterocycles. The minimum absolute atomic E-state index is 0.107. The van der Waals surface area contributed by atoms with Crippen LogP contribution in [0.5, 0.6) is 0 Å². The zero-order chi connectivity index (χ0) is 16.9. The van der Waals surface area contributed by atoms with E-state index < -0.39 is 0 Å². The summed E-state index contributed by atoms with van der Waals surface area (Å²) < 4.78 is 5.09. The third-order valence-corrected chi connectivity index (χ3v) is 4.62. The van der Waals surface area contributed by atoms with Gasteiger partial charge in [0.15, 0.2) is 5.13 Å². The fourth-order valence-corrected chi connectivity index (χ4v) is 3.49. The Kier molecular flexibility index (Phi) is 5.22. The number of anilines is 2. The number of hydrogen-bond donors (Lipinski definition) is 1. The summed E-state index contributed by atoms with van der Waals surface area (Å²) >= 11 is 1.41. The Balaban J connectivity index is 1.60. The van der Waals surface area contributed by atoms with E-state index >= 15 is 0 Å². The number of nitrogens with zero attached hydrogens (tertiary/aromatic N) is 2. The number of thiazole rings is 1. The third-order valence-electron chi connectivity index (χ3n) is 3.71. The normalized spacial score (nSPS) is 14.2. The maximum atomic E-state index is 12.2. The van der Waals surface area contributed by atoms with Gasteiger partial charge in [0, 0.05) is 31.1 Å². The fraction of sp³-hybridized carbons (Fsp3) is 0.353. The topological polar surface area (TPSA) is 71.5 Å². The highest BCUT2D eigenvalue weighted by Crippen LogP contribution is 2.25. The van der Waals surface area contributed by atoms with E-state index in [9.17, 15) is 9.59 Å². The number of methoxy groups -OCH3 is 1. The Morgan fingerprint density at radius 2 is 2.33 bits per heavy atom. The zero-order valence-electron chi connectivity index (χ0n) is 13.4. The summed E-state index contributed by atoms with van der Waals surface area (Å²) in [6, 6.07) is 7.55. The molecule has 0 atom stereocenters. The number of benzene rings is 1. The predicted octanol–water partition coefficient (Wildman–Crippen LogP) is 2.60. The van der Waals surface area contributed by atoms with Crippen LogP contribution in [0, 0.1) is 0 Å². The number of ether oxygens (including phenoxy) is 1. The van der Waals surface area contributed by atoms with Crippen LogP contribution in [0.1, 0.15) is 24.1 Å². The van der Waals surface area contributed by atoms with Crippen molar-refractivity contribution in [2.75, 3.05) is 23.9 Å². The molecule has 24 heavy (non-hydrogen) atoms. The second-order valence-corrected chi connectivity index (χ2v) is 6.47. The van der Waals surface area contributed by atoms with Crippen LogP contribution < -0.4 is 10.2 Å². The van der Waals surface area contributed by atoms with Gasteiger partial charge in [-0.2, -0.15) is 0 Å². The van der Waals surface area contributed by atoms with Gasteiger partial charge in [-0.1, -0.05) is 12.1 Å². The summed E-state index contributed by atoms with van der Waals surface area (Å²) in [5.74, 6) is -0.0236. The Bertz CT molecular complexity index is 744. The van der Waals surface area contributed by atoms with Crippen molar-refractivity contribution in [3.63, 3.8) is 0 Å².